The zero-order valence-corrected chi connectivity index (χ0v) is 48.8. The molecule has 3 unspecified atom stereocenters. The van der Waals surface area contributed by atoms with Crippen LogP contribution in [0.2, 0.25) is 0 Å². The number of anilines is 1. The molecule has 6 N–H and O–H groups in total. The number of aryl methyl sites for hydroxylation is 1. The second-order valence-corrected chi connectivity index (χ2v) is 25.1. The van der Waals surface area contributed by atoms with Crippen molar-refractivity contribution in [1.82, 2.24) is 46.1 Å². The summed E-state index contributed by atoms with van der Waals surface area (Å²) in [5, 5.41) is 35.4. The van der Waals surface area contributed by atoms with Crippen molar-refractivity contribution in [3.8, 4) is 45.8 Å². The molecule has 9 atom stereocenters. The number of aromatic nitrogens is 4. The van der Waals surface area contributed by atoms with Crippen LogP contribution in [-0.4, -0.2) is 128 Å². The third kappa shape index (κ3) is 13.1. The second-order valence-electron chi connectivity index (χ2n) is 24.3. The smallest absolute Gasteiger partial charge is 0.319 e. The molecule has 3 aromatic carbocycles. The lowest BCUT2D eigenvalue weighted by atomic mass is 9.77. The van der Waals surface area contributed by atoms with Crippen LogP contribution in [0, 0.1) is 48.2 Å². The number of phenols is 1. The summed E-state index contributed by atoms with van der Waals surface area (Å²) in [7, 11) is 1.95. The number of hydrogen-bond donors (Lipinski definition) is 6. The number of unbranched alkanes of at least 4 members (excludes halogenated alkanes) is 3. The highest BCUT2D eigenvalue weighted by Gasteiger charge is 2.47. The molecule has 1 aliphatic carbocycles. The second kappa shape index (κ2) is 25.0. The molecule has 17 nitrogen and oxygen atoms in total. The van der Waals surface area contributed by atoms with Gasteiger partial charge in [-0.25, -0.2) is 13.8 Å². The molecular weight excluding hydrogens is 1080 g/mol. The van der Waals surface area contributed by atoms with Gasteiger partial charge in [0.2, 0.25) is 17.7 Å². The van der Waals surface area contributed by atoms with Gasteiger partial charge >= 0.3 is 6.01 Å². The first-order chi connectivity index (χ1) is 39.7. The van der Waals surface area contributed by atoms with E-state index in [1.807, 2.05) is 71.4 Å². The molecule has 438 valence electrons. The number of terminal acetylenes is 1. The summed E-state index contributed by atoms with van der Waals surface area (Å²) < 4.78 is 38.5. The normalized spacial score (nSPS) is 22.4. The lowest BCUT2D eigenvalue weighted by Crippen LogP contribution is -2.52. The number of phenolic OH excluding ortho intramolecular Hbond substituents is 1. The van der Waals surface area contributed by atoms with Crippen LogP contribution in [0.1, 0.15) is 121 Å². The summed E-state index contributed by atoms with van der Waals surface area (Å²) in [6.45, 7) is 11.5. The van der Waals surface area contributed by atoms with Crippen molar-refractivity contribution in [2.24, 2.45) is 17.3 Å². The molecule has 6 aromatic rings. The number of benzene rings is 3. The van der Waals surface area contributed by atoms with Crippen LogP contribution >= 0.6 is 11.3 Å². The van der Waals surface area contributed by atoms with E-state index in [1.165, 1.54) is 30.5 Å². The highest BCUT2D eigenvalue weighted by Crippen LogP contribution is 2.41. The van der Waals surface area contributed by atoms with E-state index >= 15 is 8.78 Å². The number of aliphatic hydroxyl groups is 1. The van der Waals surface area contributed by atoms with Gasteiger partial charge in [-0.2, -0.15) is 9.97 Å². The molecule has 3 saturated heterocycles. The minimum Gasteiger partial charge on any atom is -0.508 e. The summed E-state index contributed by atoms with van der Waals surface area (Å²) in [6, 6.07) is 12.4. The molecule has 20 heteroatoms. The number of halogens is 2. The molecule has 1 saturated carbocycles. The van der Waals surface area contributed by atoms with Crippen molar-refractivity contribution in [3.05, 3.63) is 88.7 Å². The summed E-state index contributed by atoms with van der Waals surface area (Å²) in [6.07, 6.45) is 12.5. The zero-order chi connectivity index (χ0) is 58.9. The summed E-state index contributed by atoms with van der Waals surface area (Å²) in [5.41, 5.74) is 3.90. The Morgan fingerprint density at radius 1 is 0.916 bits per heavy atom. The fourth-order valence-corrected chi connectivity index (χ4v) is 13.5. The molecule has 0 radical (unpaired) electrons. The average Bonchev–Trinajstić information content (AvgIpc) is 4.44. The molecule has 3 amide bonds. The fraction of sp³-hybridized carbons (Fsp3) is 0.492. The monoisotopic (exact) mass is 1150 g/mol. The van der Waals surface area contributed by atoms with Gasteiger partial charge in [-0.1, -0.05) is 69.9 Å². The number of carbonyl (C=O) groups is 4. The van der Waals surface area contributed by atoms with Crippen molar-refractivity contribution >= 4 is 62.3 Å². The van der Waals surface area contributed by atoms with E-state index in [4.69, 9.17) is 16.1 Å². The molecule has 4 aliphatic rings. The van der Waals surface area contributed by atoms with Crippen LogP contribution in [0.25, 0.3) is 43.4 Å². The number of carbonyl (C=O) groups excluding carboxylic acids is 4. The van der Waals surface area contributed by atoms with E-state index in [2.05, 4.69) is 51.9 Å². The first-order valence-corrected chi connectivity index (χ1v) is 29.8. The Morgan fingerprint density at radius 2 is 1.63 bits per heavy atom. The number of aliphatic hydroxyl groups excluding tert-OH is 1. The maximum atomic E-state index is 17.1. The molecular formula is C63H74F2N10O7S. The summed E-state index contributed by atoms with van der Waals surface area (Å²) in [5.74, 6) is -1.16. The number of thiazole rings is 1. The van der Waals surface area contributed by atoms with Crippen LogP contribution in [0.4, 0.5) is 14.6 Å². The van der Waals surface area contributed by atoms with Gasteiger partial charge < -0.3 is 41.1 Å². The van der Waals surface area contributed by atoms with Gasteiger partial charge in [0.05, 0.1) is 51.1 Å². The number of likely N-dealkylation sites (N-methyl/N-ethyl adjacent to an activating group) is 1. The molecule has 4 fully saturated rings. The predicted octanol–water partition coefficient (Wildman–Crippen LogP) is 8.46. The van der Waals surface area contributed by atoms with Crippen LogP contribution in [0.15, 0.2) is 60.2 Å². The summed E-state index contributed by atoms with van der Waals surface area (Å²) >= 11 is 1.57. The number of rotatable bonds is 20. The Kier molecular flexibility index (Phi) is 17.7. The number of nitrogens with one attached hydrogen (secondary N) is 4. The minimum atomic E-state index is -0.864. The largest absolute Gasteiger partial charge is 0.508 e. The average molecular weight is 1150 g/mol. The Hall–Kier alpha value is -7.18. The lowest BCUT2D eigenvalue weighted by Gasteiger charge is -2.34. The van der Waals surface area contributed by atoms with Gasteiger partial charge in [0, 0.05) is 79.7 Å². The number of Topliss-reactive ketones (excluding diaryl/α,β-unsaturated/α-hetero) is 1. The number of fused-ring (bicyclic) bond motifs is 4. The van der Waals surface area contributed by atoms with E-state index in [0.717, 1.165) is 41.0 Å². The van der Waals surface area contributed by atoms with E-state index < -0.39 is 41.0 Å². The highest BCUT2D eigenvalue weighted by atomic mass is 32.1. The first kappa shape index (κ1) is 59.0. The SMILES string of the molecule is C#Cc1c(F)ccc2cc(O)cc(-c3ncc4c(N5CC6CCC(C5)N6)nc(OC[C@@H]5C[C@@H](NC(=O)CCCCCCC(=O)N[C@H](C(=O)C6C[C@H](O)C[C@H]6C(=O)N[C@@H](C)c6ccc(-c7scnc7C)cc6)C(C)(C)C)CN5C)nc4c3F)c12. The number of amides is 3. The van der Waals surface area contributed by atoms with Gasteiger partial charge in [0.15, 0.2) is 11.6 Å². The van der Waals surface area contributed by atoms with Crippen LogP contribution in [-0.2, 0) is 19.2 Å². The van der Waals surface area contributed by atoms with Gasteiger partial charge in [0.25, 0.3) is 0 Å². The molecule has 6 heterocycles. The molecule has 2 bridgehead atoms. The van der Waals surface area contributed by atoms with Crippen molar-refractivity contribution in [2.75, 3.05) is 38.2 Å². The maximum absolute atomic E-state index is 17.1. The van der Waals surface area contributed by atoms with Gasteiger partial charge in [-0.15, -0.1) is 17.8 Å². The lowest BCUT2D eigenvalue weighted by molar-refractivity contribution is -0.137. The quantitative estimate of drug-likeness (QED) is 0.0312. The summed E-state index contributed by atoms with van der Waals surface area (Å²) in [4.78, 5) is 78.4. The van der Waals surface area contributed by atoms with Gasteiger partial charge in [0.1, 0.15) is 35.2 Å². The number of nitrogens with zero attached hydrogens (tertiary/aromatic N) is 6. The van der Waals surface area contributed by atoms with Crippen molar-refractivity contribution < 1.29 is 42.9 Å². The number of pyridine rings is 1. The third-order valence-electron chi connectivity index (χ3n) is 17.1. The van der Waals surface area contributed by atoms with Crippen LogP contribution in [0.3, 0.4) is 0 Å². The van der Waals surface area contributed by atoms with Gasteiger partial charge in [-0.3, -0.25) is 29.1 Å². The van der Waals surface area contributed by atoms with Crippen molar-refractivity contribution in [1.29, 1.82) is 0 Å². The van der Waals surface area contributed by atoms with E-state index in [-0.39, 0.29) is 119 Å². The van der Waals surface area contributed by atoms with E-state index in [1.54, 1.807) is 11.3 Å². The van der Waals surface area contributed by atoms with Gasteiger partial charge in [-0.05, 0) is 106 Å². The van der Waals surface area contributed by atoms with Crippen LogP contribution in [0.5, 0.6) is 11.8 Å². The molecule has 83 heavy (non-hydrogen) atoms. The predicted molar refractivity (Wildman–Crippen MR) is 316 cm³/mol. The zero-order valence-electron chi connectivity index (χ0n) is 47.9. The third-order valence-corrected chi connectivity index (χ3v) is 18.1. The number of likely N-dealkylation sites (tertiary alicyclic amines) is 1. The Bertz CT molecular complexity index is 3450. The van der Waals surface area contributed by atoms with E-state index in [0.29, 0.717) is 68.3 Å². The number of aromatic hydroxyl groups is 1. The van der Waals surface area contributed by atoms with Crippen LogP contribution < -0.4 is 30.9 Å². The number of ketones is 1. The topological polar surface area (TPSA) is 224 Å². The molecule has 0 spiro atoms. The minimum absolute atomic E-state index is 0.0295. The number of ether oxygens (including phenoxy) is 1. The maximum Gasteiger partial charge on any atom is 0.319 e. The Labute approximate surface area is 486 Å². The fourth-order valence-electron chi connectivity index (χ4n) is 12.7. The first-order valence-electron chi connectivity index (χ1n) is 29.0. The standard InChI is InChI=1S/C63H74F2N10O7S/c1-8-45-50(64)22-19-38-23-43(76)27-48(53(38)45)55-54(65)56-49(28-66-55)60(75-30-39-20-21-40(31-75)69-39)73-62(72-56)82-32-42-24-41(29-74(42)7)70-51(78)13-11-9-10-12-14-52(79)71-59(63(4,5)6)57(80)46-25-44(77)26-47(46)61(81)68-34(2)36-15-17-37(18-16-36)58-35(3)67-33-83-58/h1,15-19,22-23,27-28,33-34,39-42,44,46-47,59,69,76-77H,9-14,20-21,24-26,29-32H2,2-7H3,(H,68,81)(H,70,78)(H,71,79)/t34-,39?,40?,41+,42-,44-,46?,47+,59+/m0/s1. The number of hydrogen-bond acceptors (Lipinski definition) is 15. The Balaban J connectivity index is 0.697. The molecule has 3 aromatic heterocycles. The highest BCUT2D eigenvalue weighted by molar-refractivity contribution is 7.13. The van der Waals surface area contributed by atoms with Crippen molar-refractivity contribution in [3.63, 3.8) is 0 Å². The Morgan fingerprint density at radius 3 is 2.31 bits per heavy atom. The molecule has 10 rings (SSSR count). The number of piperazine rings is 1. The van der Waals surface area contributed by atoms with Crippen molar-refractivity contribution in [2.45, 2.75) is 148 Å². The van der Waals surface area contributed by atoms with E-state index in [9.17, 15) is 29.4 Å². The molecule has 3 aliphatic heterocycles.